The smallest absolute Gasteiger partial charge is 0.207 e. The third-order valence-corrected chi connectivity index (χ3v) is 21.9. The first-order valence-electron chi connectivity index (χ1n) is 22.9. The van der Waals surface area contributed by atoms with E-state index in [1.165, 1.54) is 0 Å². The average Bonchev–Trinajstić information content (AvgIpc) is 4.29. The van der Waals surface area contributed by atoms with Crippen molar-refractivity contribution in [2.45, 2.75) is 52.7 Å². The van der Waals surface area contributed by atoms with Crippen LogP contribution < -0.4 is 31.8 Å². The minimum absolute atomic E-state index is 0.0119. The molecule has 0 radical (unpaired) electrons. The van der Waals surface area contributed by atoms with Crippen LogP contribution in [0.1, 0.15) is 40.5 Å². The highest BCUT2D eigenvalue weighted by Gasteiger charge is 2.45. The van der Waals surface area contributed by atoms with Gasteiger partial charge in [-0.05, 0) is 96.5 Å². The van der Waals surface area contributed by atoms with Gasteiger partial charge in [-0.1, -0.05) is 137 Å². The first-order valence-corrected chi connectivity index (χ1v) is 27.9. The largest absolute Gasteiger partial charge is 0.372 e. The van der Waals surface area contributed by atoms with E-state index in [2.05, 4.69) is 41.7 Å². The summed E-state index contributed by atoms with van der Waals surface area (Å²) in [6.07, 6.45) is 1.42. The van der Waals surface area contributed by atoms with E-state index in [4.69, 9.17) is 9.47 Å². The zero-order valence-corrected chi connectivity index (χ0v) is 41.0. The predicted octanol–water partition coefficient (Wildman–Crippen LogP) is 9.31. The average molecular weight is 928 g/mol. The van der Waals surface area contributed by atoms with Gasteiger partial charge in [-0.25, -0.2) is 14.0 Å². The fraction of sp³-hybridized carbons (Fsp3) is 0.333. The Bertz CT molecular complexity index is 2450. The molecule has 2 saturated heterocycles. The molecular weight excluding hydrogens is 864 g/mol. The van der Waals surface area contributed by atoms with Crippen molar-refractivity contribution < 1.29 is 23.2 Å². The van der Waals surface area contributed by atoms with Crippen LogP contribution >= 0.6 is 21.9 Å². The summed E-state index contributed by atoms with van der Waals surface area (Å²) in [4.78, 5) is 0. The lowest BCUT2D eigenvalue weighted by atomic mass is 9.75. The van der Waals surface area contributed by atoms with E-state index in [0.29, 0.717) is 58.9 Å². The first kappa shape index (κ1) is 47.3. The van der Waals surface area contributed by atoms with Crippen molar-refractivity contribution in [2.24, 2.45) is 10.8 Å². The van der Waals surface area contributed by atoms with Gasteiger partial charge in [0.25, 0.3) is 0 Å². The summed E-state index contributed by atoms with van der Waals surface area (Å²) in [5, 5.41) is 4.77. The molecule has 2 unspecified atom stereocenters. The number of ether oxygens (including phenoxy) is 2. The molecule has 0 aliphatic carbocycles. The molecule has 2 heterocycles. The molecule has 2 fully saturated rings. The number of hydrogen-bond acceptors (Lipinski definition) is 5. The molecule has 11 heteroatoms. The zero-order valence-electron chi connectivity index (χ0n) is 38.3. The number of hydrogen-bond donors (Lipinski definition) is 0. The van der Waals surface area contributed by atoms with Gasteiger partial charge >= 0.3 is 0 Å². The summed E-state index contributed by atoms with van der Waals surface area (Å²) in [5.74, 6) is 0. The summed E-state index contributed by atoms with van der Waals surface area (Å²) in [6.45, 7) is 13.6. The molecule has 8 rings (SSSR count). The SMILES string of the molecule is CC(C)(CN(CCCN(CC1CO1)P(=O)(c1ccccc1)c1ccccc1)P(=O)(c1ccccc1)c1ccccc1)CC(C)(C)CN(CC1CO1)P(=O)(c1ccccc1)c1ccccc1. The molecule has 0 bridgehead atoms. The molecule has 65 heavy (non-hydrogen) atoms. The lowest BCUT2D eigenvalue weighted by molar-refractivity contribution is 0.135. The van der Waals surface area contributed by atoms with Gasteiger partial charge in [0.15, 0.2) is 0 Å². The standard InChI is InChI=1S/C54H64N3O5P3/c1-53(2,42-54(3,4)44-57(39-46-41-62-46)65(60,51-32-19-9-20-33-51)52-34-21-10-22-35-52)43-56(64(59,49-28-15-7-16-29-49)50-30-17-8-18-31-50)37-23-36-55(38-45-40-61-45)63(58,47-24-11-5-12-25-47)48-26-13-6-14-27-48/h5-22,24-35,45-46H,23,36-44H2,1-4H3. The van der Waals surface area contributed by atoms with Crippen molar-refractivity contribution >= 4 is 53.7 Å². The maximum absolute atomic E-state index is 16.4. The Morgan fingerprint density at radius 3 is 0.969 bits per heavy atom. The van der Waals surface area contributed by atoms with Crippen molar-refractivity contribution in [3.63, 3.8) is 0 Å². The molecule has 0 spiro atoms. The van der Waals surface area contributed by atoms with Crippen LogP contribution in [0.3, 0.4) is 0 Å². The van der Waals surface area contributed by atoms with Crippen molar-refractivity contribution in [2.75, 3.05) is 52.5 Å². The van der Waals surface area contributed by atoms with Gasteiger partial charge < -0.3 is 9.47 Å². The van der Waals surface area contributed by atoms with Crippen molar-refractivity contribution in [1.29, 1.82) is 0 Å². The molecule has 340 valence electrons. The fourth-order valence-corrected chi connectivity index (χ4v) is 18.9. The summed E-state index contributed by atoms with van der Waals surface area (Å²) in [7, 11) is -9.98. The predicted molar refractivity (Wildman–Crippen MR) is 270 cm³/mol. The van der Waals surface area contributed by atoms with Gasteiger partial charge in [0, 0.05) is 71.1 Å². The van der Waals surface area contributed by atoms with E-state index in [-0.39, 0.29) is 23.0 Å². The van der Waals surface area contributed by atoms with Gasteiger partial charge in [0.2, 0.25) is 21.9 Å². The lowest BCUT2D eigenvalue weighted by Crippen LogP contribution is -2.44. The Kier molecular flexibility index (Phi) is 14.8. The molecule has 0 aromatic heterocycles. The highest BCUT2D eigenvalue weighted by molar-refractivity contribution is 7.77. The van der Waals surface area contributed by atoms with Crippen LogP contribution in [-0.2, 0) is 23.2 Å². The van der Waals surface area contributed by atoms with Crippen LogP contribution in [0, 0.1) is 10.8 Å². The summed E-state index contributed by atoms with van der Waals surface area (Å²) in [5.41, 5.74) is -0.690. The third kappa shape index (κ3) is 11.2. The second-order valence-corrected chi connectivity index (χ2v) is 27.4. The second-order valence-electron chi connectivity index (χ2n) is 19.2. The molecule has 6 aromatic rings. The van der Waals surface area contributed by atoms with E-state index in [0.717, 1.165) is 38.2 Å². The Morgan fingerprint density at radius 1 is 0.415 bits per heavy atom. The molecule has 0 N–H and O–H groups in total. The Morgan fingerprint density at radius 2 is 0.662 bits per heavy atom. The highest BCUT2D eigenvalue weighted by atomic mass is 31.2. The van der Waals surface area contributed by atoms with Gasteiger partial charge in [0.05, 0.1) is 25.4 Å². The Labute approximate surface area is 387 Å². The van der Waals surface area contributed by atoms with Crippen LogP contribution in [0.2, 0.25) is 0 Å². The molecule has 0 amide bonds. The number of epoxide rings is 2. The molecule has 8 nitrogen and oxygen atoms in total. The quantitative estimate of drug-likeness (QED) is 0.0465. The minimum atomic E-state index is -3.42. The Hall–Kier alpha value is -4.19. The van der Waals surface area contributed by atoms with Crippen molar-refractivity contribution in [1.82, 2.24) is 14.0 Å². The normalized spacial score (nSPS) is 16.8. The van der Waals surface area contributed by atoms with Crippen molar-refractivity contribution in [3.8, 4) is 0 Å². The van der Waals surface area contributed by atoms with Gasteiger partial charge in [-0.2, -0.15) is 0 Å². The van der Waals surface area contributed by atoms with E-state index in [1.807, 2.05) is 182 Å². The molecule has 0 saturated carbocycles. The highest BCUT2D eigenvalue weighted by Crippen LogP contribution is 2.54. The van der Waals surface area contributed by atoms with E-state index in [1.54, 1.807) is 0 Å². The van der Waals surface area contributed by atoms with E-state index < -0.39 is 21.9 Å². The summed E-state index contributed by atoms with van der Waals surface area (Å²) in [6, 6.07) is 59.3. The monoisotopic (exact) mass is 927 g/mol. The van der Waals surface area contributed by atoms with Crippen molar-refractivity contribution in [3.05, 3.63) is 182 Å². The van der Waals surface area contributed by atoms with E-state index in [9.17, 15) is 0 Å². The zero-order chi connectivity index (χ0) is 45.5. The van der Waals surface area contributed by atoms with Crippen LogP contribution in [0.5, 0.6) is 0 Å². The number of benzene rings is 6. The van der Waals surface area contributed by atoms with Crippen LogP contribution in [0.4, 0.5) is 0 Å². The maximum atomic E-state index is 16.4. The van der Waals surface area contributed by atoms with Crippen LogP contribution in [0.25, 0.3) is 0 Å². The maximum Gasteiger partial charge on any atom is 0.207 e. The Balaban J connectivity index is 1.12. The second kappa shape index (κ2) is 20.4. The number of rotatable bonds is 23. The third-order valence-electron chi connectivity index (χ3n) is 12.5. The first-order chi connectivity index (χ1) is 31.3. The van der Waals surface area contributed by atoms with Crippen LogP contribution in [-0.4, -0.2) is 78.7 Å². The molecular formula is C54H64N3O5P3. The number of nitrogens with zero attached hydrogens (tertiary/aromatic N) is 3. The fourth-order valence-electron chi connectivity index (χ4n) is 9.80. The van der Waals surface area contributed by atoms with Gasteiger partial charge in [-0.15, -0.1) is 0 Å². The minimum Gasteiger partial charge on any atom is -0.372 e. The topological polar surface area (TPSA) is 86.0 Å². The molecule has 2 atom stereocenters. The van der Waals surface area contributed by atoms with Gasteiger partial charge in [-0.3, -0.25) is 13.7 Å². The summed E-state index contributed by atoms with van der Waals surface area (Å²) < 4.78 is 66.2. The molecule has 6 aromatic carbocycles. The van der Waals surface area contributed by atoms with Gasteiger partial charge in [0.1, 0.15) is 0 Å². The van der Waals surface area contributed by atoms with E-state index >= 15 is 13.7 Å². The molecule has 2 aliphatic rings. The van der Waals surface area contributed by atoms with Crippen LogP contribution in [0.15, 0.2) is 182 Å². The lowest BCUT2D eigenvalue weighted by Gasteiger charge is -2.44. The summed E-state index contributed by atoms with van der Waals surface area (Å²) >= 11 is 0. The molecule has 2 aliphatic heterocycles.